The molecule has 0 atom stereocenters. The number of pyridine rings is 1. The molecule has 0 radical (unpaired) electrons. The van der Waals surface area contributed by atoms with Gasteiger partial charge in [-0.1, -0.05) is 17.7 Å². The summed E-state index contributed by atoms with van der Waals surface area (Å²) in [5.41, 5.74) is 2.62. The van der Waals surface area contributed by atoms with E-state index < -0.39 is 0 Å². The van der Waals surface area contributed by atoms with Crippen molar-refractivity contribution < 1.29 is 9.47 Å². The summed E-state index contributed by atoms with van der Waals surface area (Å²) in [6, 6.07) is 11.9. The van der Waals surface area contributed by atoms with Crippen LogP contribution < -0.4 is 10.1 Å². The number of fused-ring (bicyclic) bond motifs is 2. The van der Waals surface area contributed by atoms with Crippen molar-refractivity contribution in [2.75, 3.05) is 25.6 Å². The van der Waals surface area contributed by atoms with Crippen LogP contribution in [0.25, 0.3) is 21.8 Å². The molecule has 2 aromatic carbocycles. The number of aromatic amines is 1. The number of benzene rings is 2. The molecule has 2 N–H and O–H groups in total. The van der Waals surface area contributed by atoms with Crippen molar-refractivity contribution in [2.45, 2.75) is 23.0 Å². The molecule has 6 nitrogen and oxygen atoms in total. The molecule has 1 aliphatic rings. The van der Waals surface area contributed by atoms with Gasteiger partial charge in [0.05, 0.1) is 33.7 Å². The molecule has 154 valence electrons. The molecule has 3 heterocycles. The number of methoxy groups -OCH3 is 1. The van der Waals surface area contributed by atoms with Crippen molar-refractivity contribution in [3.05, 3.63) is 47.6 Å². The van der Waals surface area contributed by atoms with Crippen LogP contribution in [-0.2, 0) is 4.74 Å². The largest absolute Gasteiger partial charge is 0.496 e. The zero-order valence-electron chi connectivity index (χ0n) is 16.4. The van der Waals surface area contributed by atoms with Gasteiger partial charge in [0.15, 0.2) is 5.82 Å². The van der Waals surface area contributed by atoms with Crippen molar-refractivity contribution in [1.29, 1.82) is 0 Å². The maximum Gasteiger partial charge on any atom is 0.160 e. The van der Waals surface area contributed by atoms with E-state index in [2.05, 4.69) is 26.6 Å². The summed E-state index contributed by atoms with van der Waals surface area (Å²) >= 11 is 8.13. The number of hydrogen-bond acceptors (Lipinski definition) is 6. The predicted octanol–water partition coefficient (Wildman–Crippen LogP) is 5.79. The van der Waals surface area contributed by atoms with E-state index in [-0.39, 0.29) is 0 Å². The Kier molecular flexibility index (Phi) is 5.41. The number of para-hydroxylation sites is 1. The quantitative estimate of drug-likeness (QED) is 0.409. The minimum absolute atomic E-state index is 0.524. The van der Waals surface area contributed by atoms with Crippen LogP contribution in [0.1, 0.15) is 12.8 Å². The molecule has 0 amide bonds. The van der Waals surface area contributed by atoms with Crippen LogP contribution in [0.5, 0.6) is 5.75 Å². The average Bonchev–Trinajstić information content (AvgIpc) is 3.18. The first kappa shape index (κ1) is 19.5. The number of ether oxygens (including phenoxy) is 2. The highest BCUT2D eigenvalue weighted by atomic mass is 35.5. The maximum atomic E-state index is 6.28. The van der Waals surface area contributed by atoms with E-state index in [9.17, 15) is 0 Å². The molecule has 8 heteroatoms. The van der Waals surface area contributed by atoms with Crippen molar-refractivity contribution in [2.24, 2.45) is 0 Å². The first-order valence-corrected chi connectivity index (χ1v) is 11.1. The Balaban J connectivity index is 1.54. The van der Waals surface area contributed by atoms with Gasteiger partial charge in [0.2, 0.25) is 0 Å². The van der Waals surface area contributed by atoms with Crippen LogP contribution in [0, 0.1) is 0 Å². The lowest BCUT2D eigenvalue weighted by atomic mass is 10.1. The fraction of sp³-hybridized carbons (Fsp3) is 0.273. The average molecular weight is 441 g/mol. The van der Waals surface area contributed by atoms with E-state index in [0.717, 1.165) is 70.0 Å². The summed E-state index contributed by atoms with van der Waals surface area (Å²) in [7, 11) is 1.71. The van der Waals surface area contributed by atoms with Crippen LogP contribution in [0.4, 0.5) is 11.5 Å². The van der Waals surface area contributed by atoms with Gasteiger partial charge in [-0.25, -0.2) is 0 Å². The zero-order chi connectivity index (χ0) is 20.5. The number of H-pyrrole nitrogens is 1. The van der Waals surface area contributed by atoms with Gasteiger partial charge < -0.3 is 14.8 Å². The molecule has 0 spiro atoms. The SMILES string of the molecule is COc1cc2nccc(Nc3n[nH]c4c(Cl)cccc34)c2cc1SC1CCOCC1. The standard InChI is InChI=1S/C22H21ClN4O2S/c1-28-19-12-18-15(11-20(19)30-13-6-9-29-10-7-13)17(5-8-24-18)25-22-14-3-2-4-16(23)21(14)26-27-22/h2-5,8,11-13H,6-7,9-10H2,1H3,(H2,24,25,26,27). The van der Waals surface area contributed by atoms with Gasteiger partial charge in [-0.2, -0.15) is 5.10 Å². The molecule has 0 aliphatic carbocycles. The van der Waals surface area contributed by atoms with E-state index in [1.807, 2.05) is 42.1 Å². The van der Waals surface area contributed by atoms with Gasteiger partial charge in [-0.3, -0.25) is 10.1 Å². The molecule has 0 saturated carbocycles. The number of rotatable bonds is 5. The Morgan fingerprint density at radius 2 is 2.07 bits per heavy atom. The second kappa shape index (κ2) is 8.34. The Morgan fingerprint density at radius 3 is 2.90 bits per heavy atom. The number of halogens is 1. The van der Waals surface area contributed by atoms with Crippen LogP contribution >= 0.6 is 23.4 Å². The summed E-state index contributed by atoms with van der Waals surface area (Å²) in [6.07, 6.45) is 3.88. The minimum atomic E-state index is 0.524. The van der Waals surface area contributed by atoms with Crippen molar-refractivity contribution >= 4 is 56.7 Å². The summed E-state index contributed by atoms with van der Waals surface area (Å²) in [4.78, 5) is 5.66. The molecule has 0 unspecified atom stereocenters. The van der Waals surface area contributed by atoms with Crippen LogP contribution in [-0.4, -0.2) is 40.8 Å². The number of hydrogen-bond donors (Lipinski definition) is 2. The molecular formula is C22H21ClN4O2S. The first-order valence-electron chi connectivity index (χ1n) is 9.83. The molecule has 1 saturated heterocycles. The smallest absolute Gasteiger partial charge is 0.160 e. The number of thioether (sulfide) groups is 1. The highest BCUT2D eigenvalue weighted by Crippen LogP contribution is 2.40. The van der Waals surface area contributed by atoms with Crippen molar-refractivity contribution in [1.82, 2.24) is 15.2 Å². The third kappa shape index (κ3) is 3.69. The van der Waals surface area contributed by atoms with Crippen molar-refractivity contribution in [3.8, 4) is 5.75 Å². The molecular weight excluding hydrogens is 420 g/mol. The number of aromatic nitrogens is 3. The third-order valence-electron chi connectivity index (χ3n) is 5.29. The Labute approximate surface area is 183 Å². The van der Waals surface area contributed by atoms with E-state index in [1.165, 1.54) is 0 Å². The Morgan fingerprint density at radius 1 is 1.20 bits per heavy atom. The fourth-order valence-electron chi connectivity index (χ4n) is 3.72. The fourth-order valence-corrected chi connectivity index (χ4v) is 5.17. The Hall–Kier alpha value is -2.48. The van der Waals surface area contributed by atoms with Gasteiger partial charge >= 0.3 is 0 Å². The summed E-state index contributed by atoms with van der Waals surface area (Å²) in [5.74, 6) is 1.58. The minimum Gasteiger partial charge on any atom is -0.496 e. The summed E-state index contributed by atoms with van der Waals surface area (Å²) in [6.45, 7) is 1.63. The highest BCUT2D eigenvalue weighted by Gasteiger charge is 2.19. The second-order valence-corrected chi connectivity index (χ2v) is 8.92. The molecule has 0 bridgehead atoms. The van der Waals surface area contributed by atoms with E-state index in [0.29, 0.717) is 10.3 Å². The summed E-state index contributed by atoms with van der Waals surface area (Å²) < 4.78 is 11.2. The molecule has 4 aromatic rings. The normalized spacial score (nSPS) is 15.0. The van der Waals surface area contributed by atoms with Gasteiger partial charge in [0.1, 0.15) is 5.75 Å². The van der Waals surface area contributed by atoms with Gasteiger partial charge in [-0.15, -0.1) is 11.8 Å². The summed E-state index contributed by atoms with van der Waals surface area (Å²) in [5, 5.41) is 14.0. The first-order chi connectivity index (χ1) is 14.7. The molecule has 30 heavy (non-hydrogen) atoms. The molecule has 1 aliphatic heterocycles. The van der Waals surface area contributed by atoms with Crippen molar-refractivity contribution in [3.63, 3.8) is 0 Å². The zero-order valence-corrected chi connectivity index (χ0v) is 18.0. The molecule has 5 rings (SSSR count). The van der Waals surface area contributed by atoms with Crippen LogP contribution in [0.15, 0.2) is 47.5 Å². The lowest BCUT2D eigenvalue weighted by Gasteiger charge is -2.22. The predicted molar refractivity (Wildman–Crippen MR) is 122 cm³/mol. The molecule has 2 aromatic heterocycles. The topological polar surface area (TPSA) is 72.1 Å². The number of nitrogens with one attached hydrogen (secondary N) is 2. The Bertz CT molecular complexity index is 1210. The maximum absolute atomic E-state index is 6.28. The van der Waals surface area contributed by atoms with Crippen LogP contribution in [0.3, 0.4) is 0 Å². The monoisotopic (exact) mass is 440 g/mol. The van der Waals surface area contributed by atoms with E-state index >= 15 is 0 Å². The van der Waals surface area contributed by atoms with E-state index in [4.69, 9.17) is 21.1 Å². The second-order valence-electron chi connectivity index (χ2n) is 7.17. The van der Waals surface area contributed by atoms with E-state index in [1.54, 1.807) is 13.3 Å². The van der Waals surface area contributed by atoms with Crippen LogP contribution in [0.2, 0.25) is 5.02 Å². The number of nitrogens with zero attached hydrogens (tertiary/aromatic N) is 2. The lowest BCUT2D eigenvalue weighted by Crippen LogP contribution is -2.17. The lowest BCUT2D eigenvalue weighted by molar-refractivity contribution is 0.1000. The highest BCUT2D eigenvalue weighted by molar-refractivity contribution is 8.00. The molecule has 1 fully saturated rings. The van der Waals surface area contributed by atoms with Gasteiger partial charge in [0.25, 0.3) is 0 Å². The number of anilines is 2. The van der Waals surface area contributed by atoms with Gasteiger partial charge in [0, 0.05) is 41.5 Å². The third-order valence-corrected chi connectivity index (χ3v) is 6.98. The van der Waals surface area contributed by atoms with Gasteiger partial charge in [-0.05, 0) is 37.1 Å².